The van der Waals surface area contributed by atoms with Gasteiger partial charge in [-0.15, -0.1) is 0 Å². The Kier molecular flexibility index (Phi) is 4.06. The van der Waals surface area contributed by atoms with Crippen LogP contribution in [0.1, 0.15) is 11.1 Å². The lowest BCUT2D eigenvalue weighted by Crippen LogP contribution is -2.20. The second-order valence-electron chi connectivity index (χ2n) is 4.09. The molecule has 1 amide bonds. The highest BCUT2D eigenvalue weighted by atomic mass is 35.5. The number of amides is 1. The molecule has 1 N–H and O–H groups in total. The van der Waals surface area contributed by atoms with Crippen molar-refractivity contribution in [3.05, 3.63) is 40.6 Å². The number of benzene rings is 1. The van der Waals surface area contributed by atoms with Crippen LogP contribution in [-0.2, 0) is 4.79 Å². The lowest BCUT2D eigenvalue weighted by Gasteiger charge is -2.09. The molecule has 1 heterocycles. The molecule has 0 aliphatic carbocycles. The first kappa shape index (κ1) is 13.4. The Morgan fingerprint density at radius 1 is 1.42 bits per heavy atom. The maximum Gasteiger partial charge on any atom is 0.263 e. The molecule has 0 fully saturated rings. The van der Waals surface area contributed by atoms with Crippen LogP contribution in [-0.4, -0.2) is 17.7 Å². The Bertz CT molecular complexity index is 559. The number of nitrogens with one attached hydrogen (secondary N) is 1. The summed E-state index contributed by atoms with van der Waals surface area (Å²) in [6, 6.07) is 5.13. The standard InChI is InChI=1S/C13H13ClN2O3/c1-8-5-10(6-9(2)13(8)14)18-7-12(17)15-11-3-4-19-16-11/h3-6H,7H2,1-2H3,(H,15,16,17). The van der Waals surface area contributed by atoms with Gasteiger partial charge >= 0.3 is 0 Å². The SMILES string of the molecule is Cc1cc(OCC(=O)Nc2ccon2)cc(C)c1Cl. The number of halogens is 1. The summed E-state index contributed by atoms with van der Waals surface area (Å²) in [6.07, 6.45) is 1.38. The molecule has 2 rings (SSSR count). The summed E-state index contributed by atoms with van der Waals surface area (Å²) in [5.74, 6) is 0.658. The van der Waals surface area contributed by atoms with Gasteiger partial charge < -0.3 is 14.6 Å². The van der Waals surface area contributed by atoms with Gasteiger partial charge in [0, 0.05) is 11.1 Å². The van der Waals surface area contributed by atoms with E-state index >= 15 is 0 Å². The molecule has 2 aromatic rings. The average Bonchev–Trinajstić information content (AvgIpc) is 2.86. The fraction of sp³-hybridized carbons (Fsp3) is 0.231. The smallest absolute Gasteiger partial charge is 0.263 e. The quantitative estimate of drug-likeness (QED) is 0.935. The highest BCUT2D eigenvalue weighted by molar-refractivity contribution is 6.32. The van der Waals surface area contributed by atoms with Crippen LogP contribution in [0.4, 0.5) is 5.82 Å². The molecule has 100 valence electrons. The Labute approximate surface area is 115 Å². The number of hydrogen-bond acceptors (Lipinski definition) is 4. The van der Waals surface area contributed by atoms with Gasteiger partial charge in [-0.25, -0.2) is 0 Å². The first-order chi connectivity index (χ1) is 9.06. The van der Waals surface area contributed by atoms with Gasteiger partial charge in [0.1, 0.15) is 12.0 Å². The van der Waals surface area contributed by atoms with Crippen LogP contribution in [0.3, 0.4) is 0 Å². The number of aryl methyl sites for hydroxylation is 2. The van der Waals surface area contributed by atoms with E-state index in [1.54, 1.807) is 18.2 Å². The summed E-state index contributed by atoms with van der Waals surface area (Å²) in [7, 11) is 0. The first-order valence-electron chi connectivity index (χ1n) is 5.66. The maximum atomic E-state index is 11.6. The van der Waals surface area contributed by atoms with Gasteiger partial charge in [0.2, 0.25) is 0 Å². The highest BCUT2D eigenvalue weighted by Gasteiger charge is 2.07. The van der Waals surface area contributed by atoms with Crippen LogP contribution in [0.15, 0.2) is 29.0 Å². The molecule has 0 bridgehead atoms. The van der Waals surface area contributed by atoms with E-state index in [0.29, 0.717) is 16.6 Å². The predicted molar refractivity (Wildman–Crippen MR) is 71.6 cm³/mol. The second-order valence-corrected chi connectivity index (χ2v) is 4.47. The Hall–Kier alpha value is -2.01. The summed E-state index contributed by atoms with van der Waals surface area (Å²) in [6.45, 7) is 3.67. The molecule has 0 unspecified atom stereocenters. The van der Waals surface area contributed by atoms with Gasteiger partial charge in [0.15, 0.2) is 12.4 Å². The molecule has 5 nitrogen and oxygen atoms in total. The van der Waals surface area contributed by atoms with Gasteiger partial charge in [-0.1, -0.05) is 16.8 Å². The number of aromatic nitrogens is 1. The molecule has 0 atom stereocenters. The first-order valence-corrected chi connectivity index (χ1v) is 6.04. The molecule has 0 saturated carbocycles. The fourth-order valence-corrected chi connectivity index (χ4v) is 1.70. The lowest BCUT2D eigenvalue weighted by molar-refractivity contribution is -0.118. The van der Waals surface area contributed by atoms with Crippen LogP contribution in [0.2, 0.25) is 5.02 Å². The van der Waals surface area contributed by atoms with Crippen LogP contribution < -0.4 is 10.1 Å². The summed E-state index contributed by atoms with van der Waals surface area (Å²) in [5.41, 5.74) is 1.82. The molecule has 1 aromatic carbocycles. The van der Waals surface area contributed by atoms with Crippen LogP contribution in [0, 0.1) is 13.8 Å². The van der Waals surface area contributed by atoms with Crippen molar-refractivity contribution in [1.82, 2.24) is 5.16 Å². The number of anilines is 1. The van der Waals surface area contributed by atoms with Gasteiger partial charge in [0.05, 0.1) is 0 Å². The van der Waals surface area contributed by atoms with Crippen LogP contribution >= 0.6 is 11.6 Å². The maximum absolute atomic E-state index is 11.6. The van der Waals surface area contributed by atoms with Crippen molar-refractivity contribution in [2.24, 2.45) is 0 Å². The van der Waals surface area contributed by atoms with E-state index in [2.05, 4.69) is 15.0 Å². The monoisotopic (exact) mass is 280 g/mol. The van der Waals surface area contributed by atoms with Gasteiger partial charge in [-0.2, -0.15) is 0 Å². The van der Waals surface area contributed by atoms with Crippen molar-refractivity contribution in [3.63, 3.8) is 0 Å². The molecular formula is C13H13ClN2O3. The second kappa shape index (κ2) is 5.75. The Morgan fingerprint density at radius 3 is 2.68 bits per heavy atom. The zero-order valence-corrected chi connectivity index (χ0v) is 11.3. The highest BCUT2D eigenvalue weighted by Crippen LogP contribution is 2.25. The zero-order chi connectivity index (χ0) is 13.8. The largest absolute Gasteiger partial charge is 0.484 e. The van der Waals surface area contributed by atoms with Crippen molar-refractivity contribution in [1.29, 1.82) is 0 Å². The Morgan fingerprint density at radius 2 is 2.11 bits per heavy atom. The molecule has 6 heteroatoms. The third kappa shape index (κ3) is 3.48. The topological polar surface area (TPSA) is 64.4 Å². The van der Waals surface area contributed by atoms with Gasteiger partial charge in [-0.3, -0.25) is 4.79 Å². The zero-order valence-electron chi connectivity index (χ0n) is 10.6. The van der Waals surface area contributed by atoms with Gasteiger partial charge in [0.25, 0.3) is 5.91 Å². The predicted octanol–water partition coefficient (Wildman–Crippen LogP) is 2.96. The molecule has 0 spiro atoms. The average molecular weight is 281 g/mol. The van der Waals surface area contributed by atoms with Crippen LogP contribution in [0.5, 0.6) is 5.75 Å². The molecule has 0 aliphatic rings. The van der Waals surface area contributed by atoms with Crippen molar-refractivity contribution in [3.8, 4) is 5.75 Å². The minimum atomic E-state index is -0.306. The molecular weight excluding hydrogens is 268 g/mol. The summed E-state index contributed by atoms with van der Waals surface area (Å²) in [5, 5.41) is 6.82. The molecule has 19 heavy (non-hydrogen) atoms. The van der Waals surface area contributed by atoms with E-state index in [-0.39, 0.29) is 12.5 Å². The number of carbonyl (C=O) groups is 1. The molecule has 0 radical (unpaired) electrons. The Balaban J connectivity index is 1.93. The van der Waals surface area contributed by atoms with Crippen molar-refractivity contribution >= 4 is 23.3 Å². The minimum Gasteiger partial charge on any atom is -0.484 e. The van der Waals surface area contributed by atoms with E-state index in [1.807, 2.05) is 13.8 Å². The van der Waals surface area contributed by atoms with Crippen molar-refractivity contribution in [2.45, 2.75) is 13.8 Å². The lowest BCUT2D eigenvalue weighted by atomic mass is 10.1. The molecule has 1 aromatic heterocycles. The molecule has 0 saturated heterocycles. The number of carbonyl (C=O) groups excluding carboxylic acids is 1. The van der Waals surface area contributed by atoms with Gasteiger partial charge in [-0.05, 0) is 37.1 Å². The summed E-state index contributed by atoms with van der Waals surface area (Å²) < 4.78 is 10.0. The normalized spacial score (nSPS) is 10.3. The summed E-state index contributed by atoms with van der Waals surface area (Å²) in [4.78, 5) is 11.6. The number of ether oxygens (including phenoxy) is 1. The van der Waals surface area contributed by atoms with E-state index in [0.717, 1.165) is 11.1 Å². The van der Waals surface area contributed by atoms with Crippen molar-refractivity contribution < 1.29 is 14.1 Å². The number of hydrogen-bond donors (Lipinski definition) is 1. The summed E-state index contributed by atoms with van der Waals surface area (Å²) >= 11 is 6.05. The number of nitrogens with zero attached hydrogens (tertiary/aromatic N) is 1. The van der Waals surface area contributed by atoms with E-state index in [9.17, 15) is 4.79 Å². The van der Waals surface area contributed by atoms with E-state index < -0.39 is 0 Å². The molecule has 0 aliphatic heterocycles. The third-order valence-electron chi connectivity index (χ3n) is 2.49. The van der Waals surface area contributed by atoms with Crippen LogP contribution in [0.25, 0.3) is 0 Å². The van der Waals surface area contributed by atoms with E-state index in [4.69, 9.17) is 16.3 Å². The third-order valence-corrected chi connectivity index (χ3v) is 3.08. The van der Waals surface area contributed by atoms with Crippen molar-refractivity contribution in [2.75, 3.05) is 11.9 Å². The number of rotatable bonds is 4. The minimum absolute atomic E-state index is 0.104. The fourth-order valence-electron chi connectivity index (χ4n) is 1.59. The van der Waals surface area contributed by atoms with E-state index in [1.165, 1.54) is 6.26 Å².